The highest BCUT2D eigenvalue weighted by Gasteiger charge is 2.12. The second kappa shape index (κ2) is 6.30. The van der Waals surface area contributed by atoms with Crippen molar-refractivity contribution < 1.29 is 4.79 Å². The van der Waals surface area contributed by atoms with Gasteiger partial charge in [0.25, 0.3) is 0 Å². The number of primary amides is 1. The van der Waals surface area contributed by atoms with Crippen molar-refractivity contribution in [3.05, 3.63) is 30.3 Å². The fourth-order valence-electron chi connectivity index (χ4n) is 1.30. The topological polar surface area (TPSA) is 46.3 Å². The standard InChI is InChI=1S/C11H16N2O.ClH/c1-9(2)8-13(11(12)14)10-6-4-3-5-7-10;/h3-7,9H,8H2,1-2H3,(H2,12,14);1H. The minimum absolute atomic E-state index is 0. The number of hydrogen-bond acceptors (Lipinski definition) is 1. The molecule has 1 aromatic rings. The van der Waals surface area contributed by atoms with E-state index in [-0.39, 0.29) is 12.4 Å². The van der Waals surface area contributed by atoms with Crippen LogP contribution in [0.3, 0.4) is 0 Å². The van der Waals surface area contributed by atoms with Crippen LogP contribution in [0, 0.1) is 5.92 Å². The summed E-state index contributed by atoms with van der Waals surface area (Å²) in [5.74, 6) is 0.405. The fourth-order valence-corrected chi connectivity index (χ4v) is 1.30. The first-order valence-electron chi connectivity index (χ1n) is 4.73. The van der Waals surface area contributed by atoms with E-state index < -0.39 is 6.03 Å². The molecule has 0 spiro atoms. The summed E-state index contributed by atoms with van der Waals surface area (Å²) in [6, 6.07) is 9.07. The number of para-hydroxylation sites is 1. The Labute approximate surface area is 96.7 Å². The van der Waals surface area contributed by atoms with Crippen LogP contribution in [-0.4, -0.2) is 12.6 Å². The summed E-state index contributed by atoms with van der Waals surface area (Å²) < 4.78 is 0. The van der Waals surface area contributed by atoms with Crippen LogP contribution < -0.4 is 10.6 Å². The lowest BCUT2D eigenvalue weighted by Gasteiger charge is -2.22. The predicted molar refractivity (Wildman–Crippen MR) is 65.5 cm³/mol. The lowest BCUT2D eigenvalue weighted by Crippen LogP contribution is -2.38. The second-order valence-electron chi connectivity index (χ2n) is 3.68. The van der Waals surface area contributed by atoms with Gasteiger partial charge in [-0.2, -0.15) is 0 Å². The second-order valence-corrected chi connectivity index (χ2v) is 3.68. The lowest BCUT2D eigenvalue weighted by atomic mass is 10.2. The van der Waals surface area contributed by atoms with Gasteiger partial charge < -0.3 is 5.73 Å². The smallest absolute Gasteiger partial charge is 0.319 e. The molecule has 0 saturated heterocycles. The summed E-state index contributed by atoms with van der Waals surface area (Å²) in [6.07, 6.45) is 0. The Morgan fingerprint density at radius 2 is 1.87 bits per heavy atom. The first-order chi connectivity index (χ1) is 6.61. The number of carbonyl (C=O) groups is 1. The zero-order chi connectivity index (χ0) is 10.6. The quantitative estimate of drug-likeness (QED) is 0.850. The molecule has 0 heterocycles. The van der Waals surface area contributed by atoms with Crippen molar-refractivity contribution in [1.29, 1.82) is 0 Å². The molecule has 84 valence electrons. The molecule has 15 heavy (non-hydrogen) atoms. The van der Waals surface area contributed by atoms with E-state index in [9.17, 15) is 4.79 Å². The highest BCUT2D eigenvalue weighted by atomic mass is 35.5. The highest BCUT2D eigenvalue weighted by Crippen LogP contribution is 2.14. The van der Waals surface area contributed by atoms with Gasteiger partial charge in [0, 0.05) is 12.2 Å². The van der Waals surface area contributed by atoms with Crippen LogP contribution in [0.2, 0.25) is 0 Å². The summed E-state index contributed by atoms with van der Waals surface area (Å²) in [6.45, 7) is 4.76. The molecule has 0 aliphatic carbocycles. The number of halogens is 1. The molecule has 4 heteroatoms. The Hall–Kier alpha value is -1.22. The maximum Gasteiger partial charge on any atom is 0.319 e. The number of nitrogens with two attached hydrogens (primary N) is 1. The van der Waals surface area contributed by atoms with E-state index in [1.54, 1.807) is 4.90 Å². The van der Waals surface area contributed by atoms with Gasteiger partial charge in [-0.3, -0.25) is 4.90 Å². The number of carbonyl (C=O) groups excluding carboxylic acids is 1. The molecule has 0 aliphatic rings. The number of hydrogen-bond donors (Lipinski definition) is 1. The molecule has 2 amide bonds. The van der Waals surface area contributed by atoms with Gasteiger partial charge in [0.05, 0.1) is 0 Å². The molecule has 0 atom stereocenters. The maximum absolute atomic E-state index is 11.2. The van der Waals surface area contributed by atoms with Crippen molar-refractivity contribution in [2.75, 3.05) is 11.4 Å². The number of amides is 2. The first kappa shape index (κ1) is 13.8. The van der Waals surface area contributed by atoms with E-state index in [1.807, 2.05) is 30.3 Å². The molecule has 0 unspecified atom stereocenters. The van der Waals surface area contributed by atoms with Gasteiger partial charge in [-0.05, 0) is 18.1 Å². The molecule has 1 rings (SSSR count). The highest BCUT2D eigenvalue weighted by molar-refractivity contribution is 5.90. The lowest BCUT2D eigenvalue weighted by molar-refractivity contribution is 0.253. The minimum atomic E-state index is -0.398. The van der Waals surface area contributed by atoms with Crippen LogP contribution in [0.15, 0.2) is 30.3 Å². The normalized spacial score (nSPS) is 9.53. The Kier molecular flexibility index (Phi) is 5.79. The Balaban J connectivity index is 0.00000196. The van der Waals surface area contributed by atoms with Crippen molar-refractivity contribution in [1.82, 2.24) is 0 Å². The monoisotopic (exact) mass is 228 g/mol. The van der Waals surface area contributed by atoms with E-state index in [4.69, 9.17) is 5.73 Å². The largest absolute Gasteiger partial charge is 0.351 e. The average molecular weight is 229 g/mol. The zero-order valence-corrected chi connectivity index (χ0v) is 9.83. The van der Waals surface area contributed by atoms with Crippen LogP contribution in [0.4, 0.5) is 10.5 Å². The van der Waals surface area contributed by atoms with Crippen LogP contribution in [0.5, 0.6) is 0 Å². The van der Waals surface area contributed by atoms with Gasteiger partial charge >= 0.3 is 6.03 Å². The summed E-state index contributed by atoms with van der Waals surface area (Å²) in [7, 11) is 0. The van der Waals surface area contributed by atoms with Gasteiger partial charge in [-0.25, -0.2) is 4.79 Å². The number of urea groups is 1. The van der Waals surface area contributed by atoms with Crippen molar-refractivity contribution in [3.8, 4) is 0 Å². The van der Waals surface area contributed by atoms with Gasteiger partial charge in [0.15, 0.2) is 0 Å². The summed E-state index contributed by atoms with van der Waals surface area (Å²) in [4.78, 5) is 12.8. The third-order valence-electron chi connectivity index (χ3n) is 1.88. The average Bonchev–Trinajstić information content (AvgIpc) is 2.15. The fraction of sp³-hybridized carbons (Fsp3) is 0.364. The van der Waals surface area contributed by atoms with E-state index in [2.05, 4.69) is 13.8 Å². The van der Waals surface area contributed by atoms with Crippen molar-refractivity contribution in [3.63, 3.8) is 0 Å². The number of rotatable bonds is 3. The molecule has 0 aliphatic heterocycles. The number of nitrogens with zero attached hydrogens (tertiary/aromatic N) is 1. The SMILES string of the molecule is CC(C)CN(C(N)=O)c1ccccc1.Cl. The molecule has 1 aromatic carbocycles. The first-order valence-corrected chi connectivity index (χ1v) is 4.73. The van der Waals surface area contributed by atoms with Gasteiger partial charge in [-0.1, -0.05) is 32.0 Å². The van der Waals surface area contributed by atoms with Gasteiger partial charge in [0.1, 0.15) is 0 Å². The molecule has 0 saturated carbocycles. The summed E-state index contributed by atoms with van der Waals surface area (Å²) >= 11 is 0. The molecular formula is C11H17ClN2O. The maximum atomic E-state index is 11.2. The molecule has 0 radical (unpaired) electrons. The van der Waals surface area contributed by atoms with Gasteiger partial charge in [0.2, 0.25) is 0 Å². The van der Waals surface area contributed by atoms with E-state index >= 15 is 0 Å². The van der Waals surface area contributed by atoms with Gasteiger partial charge in [-0.15, -0.1) is 12.4 Å². The molecule has 0 fully saturated rings. The molecule has 0 bridgehead atoms. The van der Waals surface area contributed by atoms with E-state index in [0.717, 1.165) is 5.69 Å². The van der Waals surface area contributed by atoms with Crippen LogP contribution in [-0.2, 0) is 0 Å². The Bertz CT molecular complexity index is 301. The number of benzene rings is 1. The van der Waals surface area contributed by atoms with Crippen molar-refractivity contribution >= 4 is 24.1 Å². The Morgan fingerprint density at radius 3 is 2.27 bits per heavy atom. The minimum Gasteiger partial charge on any atom is -0.351 e. The molecular weight excluding hydrogens is 212 g/mol. The van der Waals surface area contributed by atoms with Crippen LogP contribution >= 0.6 is 12.4 Å². The van der Waals surface area contributed by atoms with Crippen molar-refractivity contribution in [2.24, 2.45) is 11.7 Å². The van der Waals surface area contributed by atoms with E-state index in [1.165, 1.54) is 0 Å². The Morgan fingerprint density at radius 1 is 1.33 bits per heavy atom. The van der Waals surface area contributed by atoms with Crippen LogP contribution in [0.1, 0.15) is 13.8 Å². The predicted octanol–water partition coefficient (Wildman–Crippen LogP) is 2.65. The summed E-state index contributed by atoms with van der Waals surface area (Å²) in [5.41, 5.74) is 6.16. The molecule has 0 aromatic heterocycles. The molecule has 2 N–H and O–H groups in total. The third-order valence-corrected chi connectivity index (χ3v) is 1.88. The van der Waals surface area contributed by atoms with E-state index in [0.29, 0.717) is 12.5 Å². The van der Waals surface area contributed by atoms with Crippen molar-refractivity contribution in [2.45, 2.75) is 13.8 Å². The molecule has 3 nitrogen and oxygen atoms in total. The zero-order valence-electron chi connectivity index (χ0n) is 9.01. The third kappa shape index (κ3) is 4.21. The summed E-state index contributed by atoms with van der Waals surface area (Å²) in [5, 5.41) is 0. The van der Waals surface area contributed by atoms with Crippen LogP contribution in [0.25, 0.3) is 0 Å². The number of anilines is 1.